The minimum Gasteiger partial charge on any atom is -0.326 e. The van der Waals surface area contributed by atoms with Crippen LogP contribution in [0.3, 0.4) is 0 Å². The van der Waals surface area contributed by atoms with E-state index in [9.17, 15) is 14.4 Å². The van der Waals surface area contributed by atoms with Crippen molar-refractivity contribution in [3.63, 3.8) is 0 Å². The molecule has 5 nitrogen and oxygen atoms in total. The van der Waals surface area contributed by atoms with Crippen LogP contribution in [0.2, 0.25) is 5.02 Å². The van der Waals surface area contributed by atoms with Gasteiger partial charge in [0.05, 0.1) is 11.7 Å². The Kier molecular flexibility index (Phi) is 8.09. The molecule has 1 atom stereocenters. The van der Waals surface area contributed by atoms with Crippen molar-refractivity contribution in [3.05, 3.63) is 88.9 Å². The number of ketones is 1. The Morgan fingerprint density at radius 2 is 1.41 bits per heavy atom. The van der Waals surface area contributed by atoms with E-state index < -0.39 is 0 Å². The summed E-state index contributed by atoms with van der Waals surface area (Å²) in [6.45, 7) is 3.33. The van der Waals surface area contributed by atoms with E-state index in [1.807, 2.05) is 43.3 Å². The Morgan fingerprint density at radius 1 is 0.844 bits per heavy atom. The fourth-order valence-electron chi connectivity index (χ4n) is 2.90. The van der Waals surface area contributed by atoms with Gasteiger partial charge in [-0.3, -0.25) is 14.4 Å². The third-order valence-corrected chi connectivity index (χ3v) is 6.02. The number of hydrogen-bond acceptors (Lipinski definition) is 4. The molecule has 2 amide bonds. The number of halogens is 1. The SMILES string of the molecule is CC(=O)c1ccc(NC(=O)C(C)Sc2ccc(NC(=O)Cc3ccc(Cl)cc3)cc2)cc1. The zero-order chi connectivity index (χ0) is 23.1. The van der Waals surface area contributed by atoms with Crippen molar-refractivity contribution in [3.8, 4) is 0 Å². The second kappa shape index (κ2) is 11.0. The number of amides is 2. The molecule has 1 unspecified atom stereocenters. The summed E-state index contributed by atoms with van der Waals surface area (Å²) in [6.07, 6.45) is 0.262. The summed E-state index contributed by atoms with van der Waals surface area (Å²) < 4.78 is 0. The van der Waals surface area contributed by atoms with Gasteiger partial charge in [-0.1, -0.05) is 23.7 Å². The highest BCUT2D eigenvalue weighted by atomic mass is 35.5. The zero-order valence-corrected chi connectivity index (χ0v) is 19.3. The maximum Gasteiger partial charge on any atom is 0.237 e. The highest BCUT2D eigenvalue weighted by Gasteiger charge is 2.15. The summed E-state index contributed by atoms with van der Waals surface area (Å²) in [5.41, 5.74) is 2.82. The van der Waals surface area contributed by atoms with Crippen molar-refractivity contribution in [1.82, 2.24) is 0 Å². The van der Waals surface area contributed by atoms with Crippen molar-refractivity contribution < 1.29 is 14.4 Å². The van der Waals surface area contributed by atoms with E-state index >= 15 is 0 Å². The molecule has 0 fully saturated rings. The van der Waals surface area contributed by atoms with Gasteiger partial charge in [0, 0.05) is 26.9 Å². The number of nitrogens with one attached hydrogen (secondary N) is 2. The van der Waals surface area contributed by atoms with Gasteiger partial charge >= 0.3 is 0 Å². The molecule has 0 bridgehead atoms. The van der Waals surface area contributed by atoms with Gasteiger partial charge in [0.25, 0.3) is 0 Å². The molecule has 164 valence electrons. The number of carbonyl (C=O) groups is 3. The summed E-state index contributed by atoms with van der Waals surface area (Å²) in [5.74, 6) is -0.265. The molecule has 0 saturated carbocycles. The van der Waals surface area contributed by atoms with Crippen LogP contribution < -0.4 is 10.6 Å². The average molecular weight is 467 g/mol. The van der Waals surface area contributed by atoms with Crippen molar-refractivity contribution in [2.45, 2.75) is 30.4 Å². The maximum absolute atomic E-state index is 12.5. The van der Waals surface area contributed by atoms with E-state index in [0.29, 0.717) is 22.0 Å². The second-order valence-corrected chi connectivity index (χ2v) is 9.11. The quantitative estimate of drug-likeness (QED) is 0.323. The van der Waals surface area contributed by atoms with Crippen molar-refractivity contribution >= 4 is 52.3 Å². The molecule has 0 aromatic heterocycles. The monoisotopic (exact) mass is 466 g/mol. The first-order valence-electron chi connectivity index (χ1n) is 10.0. The summed E-state index contributed by atoms with van der Waals surface area (Å²) in [5, 5.41) is 6.03. The normalized spacial score (nSPS) is 11.5. The van der Waals surface area contributed by atoms with Crippen LogP contribution in [0.5, 0.6) is 0 Å². The molecule has 2 N–H and O–H groups in total. The Bertz CT molecular complexity index is 1100. The second-order valence-electron chi connectivity index (χ2n) is 7.26. The minimum absolute atomic E-state index is 0.0172. The number of thioether (sulfide) groups is 1. The van der Waals surface area contributed by atoms with Gasteiger partial charge in [-0.2, -0.15) is 0 Å². The lowest BCUT2D eigenvalue weighted by Crippen LogP contribution is -2.22. The van der Waals surface area contributed by atoms with E-state index in [4.69, 9.17) is 11.6 Å². The number of anilines is 2. The van der Waals surface area contributed by atoms with Crippen molar-refractivity contribution in [2.24, 2.45) is 0 Å². The molecule has 3 aromatic carbocycles. The number of hydrogen-bond donors (Lipinski definition) is 2. The Balaban J connectivity index is 1.50. The zero-order valence-electron chi connectivity index (χ0n) is 17.7. The maximum atomic E-state index is 12.5. The Morgan fingerprint density at radius 3 is 2.00 bits per heavy atom. The highest BCUT2D eigenvalue weighted by Crippen LogP contribution is 2.26. The molecule has 32 heavy (non-hydrogen) atoms. The van der Waals surface area contributed by atoms with E-state index in [0.717, 1.165) is 10.5 Å². The summed E-state index contributed by atoms with van der Waals surface area (Å²) in [6, 6.07) is 21.3. The topological polar surface area (TPSA) is 75.3 Å². The molecule has 0 saturated heterocycles. The molecule has 0 heterocycles. The van der Waals surface area contributed by atoms with Crippen LogP contribution in [0.25, 0.3) is 0 Å². The van der Waals surface area contributed by atoms with Gasteiger partial charge in [0.15, 0.2) is 5.78 Å². The van der Waals surface area contributed by atoms with Gasteiger partial charge in [0.2, 0.25) is 11.8 Å². The van der Waals surface area contributed by atoms with Crippen LogP contribution >= 0.6 is 23.4 Å². The van der Waals surface area contributed by atoms with Gasteiger partial charge in [-0.05, 0) is 80.1 Å². The van der Waals surface area contributed by atoms with Crippen LogP contribution in [0.1, 0.15) is 29.8 Å². The first kappa shape index (κ1) is 23.6. The van der Waals surface area contributed by atoms with E-state index in [-0.39, 0.29) is 29.3 Å². The lowest BCUT2D eigenvalue weighted by Gasteiger charge is -2.13. The predicted molar refractivity (Wildman–Crippen MR) is 131 cm³/mol. The third kappa shape index (κ3) is 6.97. The number of benzene rings is 3. The lowest BCUT2D eigenvalue weighted by atomic mass is 10.1. The molecular formula is C25H23ClN2O3S. The predicted octanol–water partition coefficient (Wildman–Crippen LogP) is 5.84. The standard InChI is InChI=1S/C25H23ClN2O3S/c1-16(29)19-5-9-22(10-6-19)28-25(31)17(2)32-23-13-11-21(12-14-23)27-24(30)15-18-3-7-20(26)8-4-18/h3-14,17H,15H2,1-2H3,(H,27,30)(H,28,31). The third-order valence-electron chi connectivity index (χ3n) is 4.66. The van der Waals surface area contributed by atoms with Gasteiger partial charge < -0.3 is 10.6 Å². The molecule has 7 heteroatoms. The fraction of sp³-hybridized carbons (Fsp3) is 0.160. The molecule has 0 aliphatic rings. The van der Waals surface area contributed by atoms with Crippen LogP contribution in [0.15, 0.2) is 77.7 Å². The van der Waals surface area contributed by atoms with E-state index in [1.54, 1.807) is 36.4 Å². The molecule has 0 spiro atoms. The molecule has 0 radical (unpaired) electrons. The average Bonchev–Trinajstić information content (AvgIpc) is 2.77. The first-order valence-corrected chi connectivity index (χ1v) is 11.3. The van der Waals surface area contributed by atoms with Crippen molar-refractivity contribution in [2.75, 3.05) is 10.6 Å². The Hall–Kier alpha value is -3.09. The van der Waals surface area contributed by atoms with Crippen LogP contribution in [0.4, 0.5) is 11.4 Å². The molecule has 0 aliphatic carbocycles. The van der Waals surface area contributed by atoms with Crippen LogP contribution in [-0.2, 0) is 16.0 Å². The number of rotatable bonds is 8. The Labute approximate surface area is 196 Å². The summed E-state index contributed by atoms with van der Waals surface area (Å²) in [7, 11) is 0. The van der Waals surface area contributed by atoms with Gasteiger partial charge in [-0.25, -0.2) is 0 Å². The summed E-state index contributed by atoms with van der Waals surface area (Å²) in [4.78, 5) is 37.0. The fourth-order valence-corrected chi connectivity index (χ4v) is 3.89. The van der Waals surface area contributed by atoms with Gasteiger partial charge in [0.1, 0.15) is 0 Å². The molecule has 3 rings (SSSR count). The lowest BCUT2D eigenvalue weighted by molar-refractivity contribution is -0.116. The van der Waals surface area contributed by atoms with E-state index in [2.05, 4.69) is 10.6 Å². The van der Waals surface area contributed by atoms with E-state index in [1.165, 1.54) is 18.7 Å². The molecule has 3 aromatic rings. The summed E-state index contributed by atoms with van der Waals surface area (Å²) >= 11 is 7.29. The minimum atomic E-state index is -0.326. The highest BCUT2D eigenvalue weighted by molar-refractivity contribution is 8.00. The van der Waals surface area contributed by atoms with Crippen LogP contribution in [-0.4, -0.2) is 22.8 Å². The van der Waals surface area contributed by atoms with Crippen LogP contribution in [0, 0.1) is 0 Å². The number of carbonyl (C=O) groups excluding carboxylic acids is 3. The van der Waals surface area contributed by atoms with Crippen molar-refractivity contribution in [1.29, 1.82) is 0 Å². The largest absolute Gasteiger partial charge is 0.326 e. The van der Waals surface area contributed by atoms with Gasteiger partial charge in [-0.15, -0.1) is 11.8 Å². The first-order chi connectivity index (χ1) is 15.3. The molecule has 0 aliphatic heterocycles. The molecular weight excluding hydrogens is 444 g/mol. The number of Topliss-reactive ketones (excluding diaryl/α,β-unsaturated/α-hetero) is 1. The smallest absolute Gasteiger partial charge is 0.237 e.